The zero-order chi connectivity index (χ0) is 55.3. The van der Waals surface area contributed by atoms with Gasteiger partial charge in [0.05, 0.1) is 36.5 Å². The minimum absolute atomic E-state index is 0. The number of rotatable bonds is 6. The van der Waals surface area contributed by atoms with Crippen LogP contribution in [0.5, 0.6) is 0 Å². The summed E-state index contributed by atoms with van der Waals surface area (Å²) >= 11 is 0. The van der Waals surface area contributed by atoms with Crippen molar-refractivity contribution in [2.75, 3.05) is 13.2 Å². The molecule has 8 bridgehead atoms. The van der Waals surface area contributed by atoms with Crippen molar-refractivity contribution in [2.24, 2.45) is 0 Å². The molecule has 7 aromatic rings. The van der Waals surface area contributed by atoms with E-state index in [1.165, 1.54) is 0 Å². The maximum absolute atomic E-state index is 6.81. The third-order valence-electron chi connectivity index (χ3n) is 16.0. The first-order chi connectivity index (χ1) is 35.2. The van der Waals surface area contributed by atoms with Crippen LogP contribution < -0.4 is 9.97 Å². The Labute approximate surface area is 471 Å². The summed E-state index contributed by atoms with van der Waals surface area (Å²) in [6.07, 6.45) is 6.32. The molecule has 3 aromatic heterocycles. The smallest absolute Gasteiger partial charge is 0.412 e. The second kappa shape index (κ2) is 20.1. The molecule has 77 heavy (non-hydrogen) atoms. The summed E-state index contributed by atoms with van der Waals surface area (Å²) < 4.78 is 13.5. The second-order valence-electron chi connectivity index (χ2n) is 26.7. The fraction of sp³-hybridized carbons (Fsp3) is 0.406. The van der Waals surface area contributed by atoms with Gasteiger partial charge in [-0.05, 0) is 121 Å². The maximum Gasteiger partial charge on any atom is 2.00 e. The van der Waals surface area contributed by atoms with Gasteiger partial charge < -0.3 is 38.8 Å². The molecule has 0 radical (unpaired) electrons. The molecule has 2 aliphatic rings. The molecule has 2 aliphatic heterocycles. The van der Waals surface area contributed by atoms with E-state index in [2.05, 4.69) is 202 Å². The van der Waals surface area contributed by atoms with Crippen molar-refractivity contribution in [2.45, 2.75) is 156 Å². The minimum Gasteiger partial charge on any atom is -0.412 e. The molecule has 0 unspecified atom stereocenters. The van der Waals surface area contributed by atoms with Crippen LogP contribution in [0.3, 0.4) is 0 Å². The van der Waals surface area contributed by atoms with Crippen LogP contribution in [-0.2, 0) is 44.6 Å². The van der Waals surface area contributed by atoms with Gasteiger partial charge in [0.1, 0.15) is 0 Å². The number of terminal acetylenes is 1. The molecule has 0 saturated heterocycles. The van der Waals surface area contributed by atoms with E-state index in [1.54, 1.807) is 0 Å². The Kier molecular flexibility index (Phi) is 14.9. The van der Waals surface area contributed by atoms with Crippen molar-refractivity contribution in [3.8, 4) is 69.7 Å². The molecule has 10 nitrogen and oxygen atoms in total. The molecule has 9 rings (SSSR count). The Balaban J connectivity index is 0.00000784. The van der Waals surface area contributed by atoms with Gasteiger partial charge in [-0.15, -0.1) is 6.42 Å². The summed E-state index contributed by atoms with van der Waals surface area (Å²) in [5, 5.41) is 3.44. The van der Waals surface area contributed by atoms with Crippen molar-refractivity contribution in [3.05, 3.63) is 106 Å². The van der Waals surface area contributed by atoms with Gasteiger partial charge in [0.25, 0.3) is 0 Å². The van der Waals surface area contributed by atoms with Gasteiger partial charge >= 0.3 is 19.5 Å². The van der Waals surface area contributed by atoms with E-state index in [9.17, 15) is 0 Å². The summed E-state index contributed by atoms with van der Waals surface area (Å²) in [4.78, 5) is 42.2. The first kappa shape index (κ1) is 57.3. The summed E-state index contributed by atoms with van der Waals surface area (Å²) in [6, 6.07) is 25.4. The van der Waals surface area contributed by atoms with Gasteiger partial charge in [-0.25, -0.2) is 9.97 Å². The van der Waals surface area contributed by atoms with Crippen molar-refractivity contribution in [3.63, 3.8) is 0 Å². The van der Waals surface area contributed by atoms with Gasteiger partial charge in [-0.2, -0.15) is 0 Å². The van der Waals surface area contributed by atoms with E-state index in [0.717, 1.165) is 71.6 Å². The molecular formula is C64H74N8O2Si2Zn. The van der Waals surface area contributed by atoms with Crippen LogP contribution >= 0.6 is 0 Å². The molecule has 0 amide bonds. The molecule has 4 aromatic carbocycles. The van der Waals surface area contributed by atoms with Crippen LogP contribution in [0.2, 0.25) is 36.3 Å². The van der Waals surface area contributed by atoms with Crippen molar-refractivity contribution < 1.29 is 28.3 Å². The number of nitrogens with zero attached hydrogens (tertiary/aromatic N) is 8. The third-order valence-corrected chi connectivity index (χ3v) is 24.9. The second-order valence-corrected chi connectivity index (χ2v) is 36.3. The van der Waals surface area contributed by atoms with Gasteiger partial charge in [-0.3, -0.25) is 0 Å². The summed E-state index contributed by atoms with van der Waals surface area (Å²) in [5.74, 6) is 11.9. The van der Waals surface area contributed by atoms with Gasteiger partial charge in [0, 0.05) is 61.6 Å². The average molecular weight is 1110 g/mol. The van der Waals surface area contributed by atoms with Crippen LogP contribution in [0.15, 0.2) is 83.9 Å². The monoisotopic (exact) mass is 1110 g/mol. The summed E-state index contributed by atoms with van der Waals surface area (Å²) in [6.45, 7) is 42.8. The number of hydrogen-bond donors (Lipinski definition) is 0. The number of fused-ring (bicyclic) bond motifs is 20. The van der Waals surface area contributed by atoms with Crippen molar-refractivity contribution in [1.82, 2.24) is 39.9 Å². The van der Waals surface area contributed by atoms with E-state index < -0.39 is 16.6 Å². The van der Waals surface area contributed by atoms with Gasteiger partial charge in [0.15, 0.2) is 16.6 Å². The standard InChI is InChI=1S/C64H74N8O2Si2.Zn/c1-21-39(36-73-75(17,18)63(11,12)13)40(37-74-76(19,20)64(14,15)16)24-22-38-23-28-44-48(32-38)56-65-52(44)67-57-50-34-42(61(5,6)7)26-30-46(50)54(69-57)71-59-51-35-43(62(8,9)10)27-31-47(51)55(72-59)70-58-49-33-41(60(2,3)4)25-29-45(49)53(66-56)68-58;/h1,23,25-35H,36-37H2,2-20H3;/q-2;+2/b40-39+;. The number of hydrogen-bond acceptors (Lipinski definition) is 8. The van der Waals surface area contributed by atoms with E-state index in [-0.39, 0.29) is 59.0 Å². The predicted octanol–water partition coefficient (Wildman–Crippen LogP) is 15.3. The SMILES string of the molecule is C#C/C(CO[Si](C)(C)C(C)(C)C)=C(/C#Cc1ccc2c(c1)-c1nc-2nc2[n-]c(nc3nc(nc4[n-]c(n1)c1ccc(C(C)(C)C)cc41)-c1ccc(C(C)(C)C)cc1-3)c1ccc(C(C)(C)C)cc21)CO[Si](C)(C)C(C)(C)C.[Zn+2]. The number of benzene rings is 4. The normalized spacial score (nSPS) is 13.6. The molecule has 0 fully saturated rings. The molecule has 392 valence electrons. The quantitative estimate of drug-likeness (QED) is 0.117. The molecule has 0 aliphatic carbocycles. The van der Waals surface area contributed by atoms with Crippen molar-refractivity contribution in [1.29, 1.82) is 0 Å². The molecule has 5 heterocycles. The summed E-state index contributed by atoms with van der Waals surface area (Å²) in [5.41, 5.74) is 10.6. The first-order valence-corrected chi connectivity index (χ1v) is 32.3. The van der Waals surface area contributed by atoms with Crippen LogP contribution in [0.4, 0.5) is 0 Å². The maximum atomic E-state index is 6.81. The molecule has 0 atom stereocenters. The van der Waals surface area contributed by atoms with E-state index >= 15 is 0 Å². The van der Waals surface area contributed by atoms with Crippen LogP contribution in [0, 0.1) is 24.2 Å². The minimum atomic E-state index is -2.19. The molecule has 0 saturated carbocycles. The van der Waals surface area contributed by atoms with Crippen LogP contribution in [0.1, 0.15) is 126 Å². The van der Waals surface area contributed by atoms with E-state index in [0.29, 0.717) is 51.5 Å². The molecular weight excluding hydrogens is 1030 g/mol. The van der Waals surface area contributed by atoms with Crippen molar-refractivity contribution >= 4 is 60.8 Å². The Morgan fingerprint density at radius 2 is 0.818 bits per heavy atom. The zero-order valence-corrected chi connectivity index (χ0v) is 54.0. The number of aromatic nitrogens is 8. The van der Waals surface area contributed by atoms with E-state index in [1.807, 2.05) is 18.2 Å². The fourth-order valence-corrected chi connectivity index (χ4v) is 10.5. The first-order valence-electron chi connectivity index (χ1n) is 26.5. The van der Waals surface area contributed by atoms with E-state index in [4.69, 9.17) is 55.1 Å². The fourth-order valence-electron chi connectivity index (χ4n) is 8.64. The van der Waals surface area contributed by atoms with Gasteiger partial charge in [0.2, 0.25) is 0 Å². The molecule has 0 spiro atoms. The third kappa shape index (κ3) is 11.4. The molecule has 13 heteroatoms. The Hall–Kier alpha value is -5.92. The molecule has 0 N–H and O–H groups in total. The predicted molar refractivity (Wildman–Crippen MR) is 319 cm³/mol. The Morgan fingerprint density at radius 1 is 0.455 bits per heavy atom. The topological polar surface area (TPSA) is 124 Å². The zero-order valence-electron chi connectivity index (χ0n) is 49.0. The Morgan fingerprint density at radius 3 is 1.23 bits per heavy atom. The van der Waals surface area contributed by atoms with Gasteiger partial charge in [-0.1, -0.05) is 164 Å². The average Bonchev–Trinajstić information content (AvgIpc) is 4.12. The summed E-state index contributed by atoms with van der Waals surface area (Å²) in [7, 11) is -4.34. The largest absolute Gasteiger partial charge is 2.00 e. The van der Waals surface area contributed by atoms with Crippen LogP contribution in [0.25, 0.3) is 89.7 Å². The van der Waals surface area contributed by atoms with Crippen LogP contribution in [-0.4, -0.2) is 59.8 Å². The Bertz CT molecular complexity index is 3810.